The summed E-state index contributed by atoms with van der Waals surface area (Å²) in [6.07, 6.45) is 0. The summed E-state index contributed by atoms with van der Waals surface area (Å²) in [7, 11) is 0. The van der Waals surface area contributed by atoms with Crippen molar-refractivity contribution >= 4 is 21.9 Å². The number of rotatable bonds is 7. The maximum absolute atomic E-state index is 8.74. The van der Waals surface area contributed by atoms with Crippen LogP contribution in [0.2, 0.25) is 0 Å². The van der Waals surface area contributed by atoms with Crippen LogP contribution in [-0.4, -0.2) is 15.0 Å². The molecule has 10 rings (SSSR count). The maximum Gasteiger partial charge on any atom is 0.164 e. The molecule has 0 aliphatic carbocycles. The number of fused-ring (bicyclic) bond motifs is 3. The van der Waals surface area contributed by atoms with Gasteiger partial charge in [0.05, 0.1) is 6.85 Å². The van der Waals surface area contributed by atoms with Gasteiger partial charge in [0.25, 0.3) is 0 Å². The summed E-state index contributed by atoms with van der Waals surface area (Å²) in [5.41, 5.74) is 11.1. The minimum atomic E-state index is -0.488. The lowest BCUT2D eigenvalue weighted by molar-refractivity contribution is 0.669. The van der Waals surface area contributed by atoms with Crippen molar-refractivity contribution < 1.29 is 11.3 Å². The number of benzene rings is 8. The molecule has 8 aromatic carbocycles. The molecule has 0 saturated heterocycles. The standard InChI is InChI=1S/C51H33N3O/c1-5-14-34(15-6-1)37-24-26-39(27-25-37)50-52-49(38-20-11-4-12-21-38)53-51(54-50)40-28-29-45-47(33-40)55-46-23-13-22-44(48(45)46)43-31-41(35-16-7-2-8-17-35)30-42(32-43)36-18-9-3-10-19-36/h1-33H/i4D,11D,12D,20D,21D. The zero-order chi connectivity index (χ0) is 40.9. The highest BCUT2D eigenvalue weighted by atomic mass is 16.3. The van der Waals surface area contributed by atoms with Crippen molar-refractivity contribution in [1.29, 1.82) is 0 Å². The number of hydrogen-bond donors (Lipinski definition) is 0. The number of hydrogen-bond acceptors (Lipinski definition) is 4. The first-order valence-electron chi connectivity index (χ1n) is 20.5. The van der Waals surface area contributed by atoms with Gasteiger partial charge in [0.1, 0.15) is 11.2 Å². The normalized spacial score (nSPS) is 12.5. The minimum absolute atomic E-state index is 0.0290. The fraction of sp³-hybridized carbons (Fsp3) is 0. The van der Waals surface area contributed by atoms with E-state index < -0.39 is 30.2 Å². The van der Waals surface area contributed by atoms with Gasteiger partial charge < -0.3 is 4.42 Å². The molecule has 0 aliphatic rings. The predicted molar refractivity (Wildman–Crippen MR) is 225 cm³/mol. The lowest BCUT2D eigenvalue weighted by Gasteiger charge is -2.12. The van der Waals surface area contributed by atoms with Crippen LogP contribution >= 0.6 is 0 Å². The Morgan fingerprint density at radius 3 is 1.45 bits per heavy atom. The first kappa shape index (κ1) is 27.2. The van der Waals surface area contributed by atoms with E-state index in [1.54, 1.807) is 0 Å². The second-order valence-corrected chi connectivity index (χ2v) is 13.3. The molecule has 2 heterocycles. The number of nitrogens with zero attached hydrogens (tertiary/aromatic N) is 3. The Morgan fingerprint density at radius 2 is 0.836 bits per heavy atom. The van der Waals surface area contributed by atoms with Gasteiger partial charge in [-0.2, -0.15) is 0 Å². The molecule has 4 heteroatoms. The first-order valence-corrected chi connectivity index (χ1v) is 18.0. The van der Waals surface area contributed by atoms with E-state index in [0.29, 0.717) is 22.5 Å². The maximum atomic E-state index is 8.74. The third-order valence-corrected chi connectivity index (χ3v) is 9.82. The van der Waals surface area contributed by atoms with Crippen LogP contribution in [0.3, 0.4) is 0 Å². The zero-order valence-electron chi connectivity index (χ0n) is 34.4. The summed E-state index contributed by atoms with van der Waals surface area (Å²) in [4.78, 5) is 14.4. The van der Waals surface area contributed by atoms with E-state index in [2.05, 4.69) is 72.8 Å². The van der Waals surface area contributed by atoms with Crippen molar-refractivity contribution in [3.05, 3.63) is 200 Å². The minimum Gasteiger partial charge on any atom is -0.456 e. The molecule has 55 heavy (non-hydrogen) atoms. The van der Waals surface area contributed by atoms with Crippen molar-refractivity contribution in [3.63, 3.8) is 0 Å². The summed E-state index contributed by atoms with van der Waals surface area (Å²) in [6.45, 7) is 0. The molecule has 0 saturated carbocycles. The van der Waals surface area contributed by atoms with Crippen LogP contribution in [0.4, 0.5) is 0 Å². The average Bonchev–Trinajstić information content (AvgIpc) is 3.69. The Balaban J connectivity index is 1.13. The van der Waals surface area contributed by atoms with E-state index in [-0.39, 0.29) is 17.2 Å². The summed E-state index contributed by atoms with van der Waals surface area (Å²) < 4.78 is 49.0. The van der Waals surface area contributed by atoms with Crippen molar-refractivity contribution in [2.24, 2.45) is 0 Å². The Hall–Kier alpha value is -7.43. The topological polar surface area (TPSA) is 51.8 Å². The molecule has 2 aromatic heterocycles. The highest BCUT2D eigenvalue weighted by Crippen LogP contribution is 2.41. The molecule has 0 N–H and O–H groups in total. The SMILES string of the molecule is [2H]c1c([2H])c([2H])c(-c2nc(-c3ccc(-c4ccccc4)cc3)nc(-c3ccc4c(c3)oc3cccc(-c5cc(-c6ccccc6)cc(-c6ccccc6)c5)c34)n2)c([2H])c1[2H]. The van der Waals surface area contributed by atoms with E-state index in [1.165, 1.54) is 0 Å². The van der Waals surface area contributed by atoms with Crippen LogP contribution in [-0.2, 0) is 0 Å². The largest absolute Gasteiger partial charge is 0.456 e. The zero-order valence-corrected chi connectivity index (χ0v) is 29.4. The Morgan fingerprint density at radius 1 is 0.345 bits per heavy atom. The molecular weight excluding hydrogens is 671 g/mol. The Labute approximate surface area is 326 Å². The van der Waals surface area contributed by atoms with E-state index in [1.807, 2.05) is 97.1 Å². The molecule has 0 fully saturated rings. The van der Waals surface area contributed by atoms with Crippen LogP contribution < -0.4 is 0 Å². The summed E-state index contributed by atoms with van der Waals surface area (Å²) >= 11 is 0. The van der Waals surface area contributed by atoms with Gasteiger partial charge in [-0.05, 0) is 80.9 Å². The monoisotopic (exact) mass is 708 g/mol. The van der Waals surface area contributed by atoms with Crippen LogP contribution in [0, 0.1) is 0 Å². The lowest BCUT2D eigenvalue weighted by Crippen LogP contribution is -2.00. The fourth-order valence-electron chi connectivity index (χ4n) is 7.13. The lowest BCUT2D eigenvalue weighted by atomic mass is 9.91. The second kappa shape index (κ2) is 13.8. The molecule has 0 amide bonds. The van der Waals surface area contributed by atoms with Gasteiger partial charge in [-0.3, -0.25) is 0 Å². The van der Waals surface area contributed by atoms with Crippen LogP contribution in [0.1, 0.15) is 6.85 Å². The first-order chi connectivity index (χ1) is 29.3. The second-order valence-electron chi connectivity index (χ2n) is 13.3. The van der Waals surface area contributed by atoms with E-state index in [0.717, 1.165) is 60.9 Å². The Kier molecular flexibility index (Phi) is 6.85. The third kappa shape index (κ3) is 6.26. The molecule has 0 radical (unpaired) electrons. The molecular formula is C51H33N3O. The molecule has 0 bridgehead atoms. The average molecular weight is 709 g/mol. The van der Waals surface area contributed by atoms with Crippen molar-refractivity contribution in [2.45, 2.75) is 0 Å². The summed E-state index contributed by atoms with van der Waals surface area (Å²) in [5, 5.41) is 1.88. The number of aromatic nitrogens is 3. The highest BCUT2D eigenvalue weighted by molar-refractivity contribution is 6.13. The summed E-state index contributed by atoms with van der Waals surface area (Å²) in [5.74, 6) is 0.527. The molecule has 258 valence electrons. The molecule has 0 atom stereocenters. The fourth-order valence-corrected chi connectivity index (χ4v) is 7.13. The summed E-state index contributed by atoms with van der Waals surface area (Å²) in [6, 6.07) is 54.9. The van der Waals surface area contributed by atoms with Gasteiger partial charge in [-0.15, -0.1) is 0 Å². The molecule has 0 unspecified atom stereocenters. The smallest absolute Gasteiger partial charge is 0.164 e. The van der Waals surface area contributed by atoms with Gasteiger partial charge in [0, 0.05) is 27.5 Å². The highest BCUT2D eigenvalue weighted by Gasteiger charge is 2.18. The molecule has 0 aliphatic heterocycles. The van der Waals surface area contributed by atoms with Crippen LogP contribution in [0.15, 0.2) is 204 Å². The molecule has 10 aromatic rings. The van der Waals surface area contributed by atoms with Gasteiger partial charge in [-0.25, -0.2) is 15.0 Å². The third-order valence-electron chi connectivity index (χ3n) is 9.82. The van der Waals surface area contributed by atoms with Gasteiger partial charge in [0.2, 0.25) is 0 Å². The van der Waals surface area contributed by atoms with Gasteiger partial charge in [-0.1, -0.05) is 164 Å². The van der Waals surface area contributed by atoms with Gasteiger partial charge >= 0.3 is 0 Å². The van der Waals surface area contributed by atoms with E-state index in [9.17, 15) is 0 Å². The van der Waals surface area contributed by atoms with Crippen molar-refractivity contribution in [3.8, 4) is 78.7 Å². The quantitative estimate of drug-likeness (QED) is 0.165. The van der Waals surface area contributed by atoms with Crippen molar-refractivity contribution in [1.82, 2.24) is 15.0 Å². The van der Waals surface area contributed by atoms with Crippen molar-refractivity contribution in [2.75, 3.05) is 0 Å². The Bertz CT molecular complexity index is 3160. The van der Waals surface area contributed by atoms with E-state index in [4.69, 9.17) is 26.2 Å². The number of furan rings is 1. The van der Waals surface area contributed by atoms with E-state index >= 15 is 0 Å². The predicted octanol–water partition coefficient (Wildman–Crippen LogP) is 13.4. The van der Waals surface area contributed by atoms with Crippen LogP contribution in [0.25, 0.3) is 101 Å². The molecule has 4 nitrogen and oxygen atoms in total. The van der Waals surface area contributed by atoms with Gasteiger partial charge in [0.15, 0.2) is 17.5 Å². The van der Waals surface area contributed by atoms with Crippen LogP contribution in [0.5, 0.6) is 0 Å². The molecule has 0 spiro atoms.